The first kappa shape index (κ1) is 24.9. The van der Waals surface area contributed by atoms with Gasteiger partial charge in [-0.1, -0.05) is 29.8 Å². The molecule has 1 N–H and O–H groups in total. The zero-order valence-electron chi connectivity index (χ0n) is 18.3. The molecule has 3 aromatic rings. The van der Waals surface area contributed by atoms with Crippen LogP contribution in [-0.2, 0) is 27.8 Å². The minimum atomic E-state index is -3.59. The fraction of sp³-hybridized carbons (Fsp3) is 0.250. The molecule has 0 bridgehead atoms. The second-order valence-electron chi connectivity index (χ2n) is 7.47. The molecule has 33 heavy (non-hydrogen) atoms. The van der Waals surface area contributed by atoms with Gasteiger partial charge in [-0.25, -0.2) is 17.9 Å². The molecule has 0 atom stereocenters. The second kappa shape index (κ2) is 11.9. The fourth-order valence-electron chi connectivity index (χ4n) is 3.29. The zero-order chi connectivity index (χ0) is 23.7. The van der Waals surface area contributed by atoms with Crippen LogP contribution in [0.15, 0.2) is 78.0 Å². The number of hydrogen-bond acceptors (Lipinski definition) is 6. The van der Waals surface area contributed by atoms with Gasteiger partial charge in [0.1, 0.15) is 0 Å². The number of nitrogens with one attached hydrogen (secondary N) is 1. The Morgan fingerprint density at radius 1 is 1.03 bits per heavy atom. The van der Waals surface area contributed by atoms with E-state index >= 15 is 0 Å². The highest BCUT2D eigenvalue weighted by molar-refractivity contribution is 7.89. The molecule has 7 nitrogen and oxygen atoms in total. The van der Waals surface area contributed by atoms with Crippen LogP contribution in [0.2, 0.25) is 5.02 Å². The number of aromatic nitrogens is 1. The number of benzene rings is 2. The molecule has 9 heteroatoms. The molecule has 0 aliphatic heterocycles. The predicted octanol–water partition coefficient (Wildman–Crippen LogP) is 3.89. The van der Waals surface area contributed by atoms with Crippen LogP contribution in [0.3, 0.4) is 0 Å². The number of halogens is 1. The van der Waals surface area contributed by atoms with Crippen molar-refractivity contribution in [3.8, 4) is 0 Å². The first-order valence-electron chi connectivity index (χ1n) is 10.4. The van der Waals surface area contributed by atoms with Crippen molar-refractivity contribution in [2.24, 2.45) is 0 Å². The molecular weight excluding hydrogens is 462 g/mol. The van der Waals surface area contributed by atoms with Gasteiger partial charge in [0.2, 0.25) is 10.0 Å². The Morgan fingerprint density at radius 3 is 2.36 bits per heavy atom. The average molecular weight is 488 g/mol. The highest BCUT2D eigenvalue weighted by Crippen LogP contribution is 2.15. The number of rotatable bonds is 11. The fourth-order valence-corrected chi connectivity index (χ4v) is 4.49. The monoisotopic (exact) mass is 487 g/mol. The van der Waals surface area contributed by atoms with E-state index in [0.717, 1.165) is 11.1 Å². The van der Waals surface area contributed by atoms with Crippen LogP contribution in [0.1, 0.15) is 27.9 Å². The van der Waals surface area contributed by atoms with Crippen molar-refractivity contribution in [3.05, 3.63) is 94.8 Å². The third kappa shape index (κ3) is 7.64. The minimum Gasteiger partial charge on any atom is -0.465 e. The molecule has 0 saturated heterocycles. The molecular formula is C24H26ClN3O4S. The van der Waals surface area contributed by atoms with Crippen molar-refractivity contribution in [2.75, 3.05) is 20.2 Å². The van der Waals surface area contributed by atoms with Crippen LogP contribution < -0.4 is 4.72 Å². The topological polar surface area (TPSA) is 88.6 Å². The second-order valence-corrected chi connectivity index (χ2v) is 9.67. The van der Waals surface area contributed by atoms with E-state index in [2.05, 4.69) is 14.6 Å². The van der Waals surface area contributed by atoms with Crippen LogP contribution in [-0.4, -0.2) is 44.5 Å². The van der Waals surface area contributed by atoms with E-state index in [-0.39, 0.29) is 10.9 Å². The van der Waals surface area contributed by atoms with Gasteiger partial charge in [0.05, 0.1) is 17.6 Å². The maximum absolute atomic E-state index is 12.5. The average Bonchev–Trinajstić information content (AvgIpc) is 2.82. The lowest BCUT2D eigenvalue weighted by molar-refractivity contribution is 0.0600. The van der Waals surface area contributed by atoms with Gasteiger partial charge in [0, 0.05) is 43.6 Å². The number of pyridine rings is 1. The number of carbonyl (C=O) groups is 1. The SMILES string of the molecule is COC(=O)c1ccc(CN(CCCNS(=O)(=O)c2ccc(Cl)cc2)Cc2cccnc2)cc1. The smallest absolute Gasteiger partial charge is 0.337 e. The van der Waals surface area contributed by atoms with E-state index < -0.39 is 10.0 Å². The Bertz CT molecular complexity index is 1140. The van der Waals surface area contributed by atoms with E-state index in [4.69, 9.17) is 16.3 Å². The standard InChI is InChI=1S/C24H26ClN3O4S/c1-32-24(29)21-7-5-19(6-8-21)17-28(18-20-4-2-13-26-16-20)15-3-14-27-33(30,31)23-11-9-22(25)10-12-23/h2,4-13,16,27H,3,14-15,17-18H2,1H3. The number of sulfonamides is 1. The molecule has 0 aliphatic rings. The van der Waals surface area contributed by atoms with E-state index in [0.29, 0.717) is 43.2 Å². The number of methoxy groups -OCH3 is 1. The summed E-state index contributed by atoms with van der Waals surface area (Å²) in [6, 6.07) is 17.2. The Morgan fingerprint density at radius 2 is 1.73 bits per heavy atom. The van der Waals surface area contributed by atoms with E-state index in [9.17, 15) is 13.2 Å². The summed E-state index contributed by atoms with van der Waals surface area (Å²) < 4.78 is 32.3. The molecule has 0 aliphatic carbocycles. The first-order valence-corrected chi connectivity index (χ1v) is 12.3. The third-order valence-electron chi connectivity index (χ3n) is 4.98. The largest absolute Gasteiger partial charge is 0.465 e. The molecule has 0 unspecified atom stereocenters. The highest BCUT2D eigenvalue weighted by Gasteiger charge is 2.14. The Balaban J connectivity index is 1.61. The zero-order valence-corrected chi connectivity index (χ0v) is 19.8. The lowest BCUT2D eigenvalue weighted by atomic mass is 10.1. The molecule has 1 heterocycles. The van der Waals surface area contributed by atoms with Crippen LogP contribution in [0.5, 0.6) is 0 Å². The first-order chi connectivity index (χ1) is 15.9. The lowest BCUT2D eigenvalue weighted by Crippen LogP contribution is -2.29. The number of nitrogens with zero attached hydrogens (tertiary/aromatic N) is 2. The van der Waals surface area contributed by atoms with Crippen molar-refractivity contribution in [3.63, 3.8) is 0 Å². The number of ether oxygens (including phenoxy) is 1. The molecule has 0 radical (unpaired) electrons. The lowest BCUT2D eigenvalue weighted by Gasteiger charge is -2.22. The van der Waals surface area contributed by atoms with E-state index in [1.165, 1.54) is 19.2 Å². The summed E-state index contributed by atoms with van der Waals surface area (Å²) in [6.45, 7) is 2.27. The molecule has 0 amide bonds. The summed E-state index contributed by atoms with van der Waals surface area (Å²) in [4.78, 5) is 18.2. The molecule has 174 valence electrons. The van der Waals surface area contributed by atoms with Gasteiger partial charge in [-0.3, -0.25) is 9.88 Å². The van der Waals surface area contributed by atoms with Gasteiger partial charge < -0.3 is 4.74 Å². The van der Waals surface area contributed by atoms with Crippen molar-refractivity contribution in [1.29, 1.82) is 0 Å². The summed E-state index contributed by atoms with van der Waals surface area (Å²) in [6.07, 6.45) is 4.16. The number of esters is 1. The Hall–Kier alpha value is -2.78. The number of carbonyl (C=O) groups excluding carboxylic acids is 1. The molecule has 2 aromatic carbocycles. The molecule has 0 saturated carbocycles. The summed E-state index contributed by atoms with van der Waals surface area (Å²) in [7, 11) is -2.23. The maximum atomic E-state index is 12.5. The van der Waals surface area contributed by atoms with Crippen molar-refractivity contribution in [1.82, 2.24) is 14.6 Å². The Kier molecular flexibility index (Phi) is 8.96. The van der Waals surface area contributed by atoms with Gasteiger partial charge in [-0.2, -0.15) is 0 Å². The summed E-state index contributed by atoms with van der Waals surface area (Å²) in [5.74, 6) is -0.373. The van der Waals surface area contributed by atoms with Crippen molar-refractivity contribution >= 4 is 27.6 Å². The van der Waals surface area contributed by atoms with E-state index in [1.54, 1.807) is 30.5 Å². The van der Waals surface area contributed by atoms with Crippen LogP contribution in [0.4, 0.5) is 0 Å². The summed E-state index contributed by atoms with van der Waals surface area (Å²) in [5, 5.41) is 0.486. The third-order valence-corrected chi connectivity index (χ3v) is 6.71. The van der Waals surface area contributed by atoms with Gasteiger partial charge in [-0.15, -0.1) is 0 Å². The maximum Gasteiger partial charge on any atom is 0.337 e. The van der Waals surface area contributed by atoms with Crippen molar-refractivity contribution in [2.45, 2.75) is 24.4 Å². The van der Waals surface area contributed by atoms with Crippen LogP contribution in [0, 0.1) is 0 Å². The van der Waals surface area contributed by atoms with Crippen molar-refractivity contribution < 1.29 is 17.9 Å². The van der Waals surface area contributed by atoms with E-state index in [1.807, 2.05) is 30.5 Å². The highest BCUT2D eigenvalue weighted by atomic mass is 35.5. The molecule has 1 aromatic heterocycles. The van der Waals surface area contributed by atoms with Crippen LogP contribution in [0.25, 0.3) is 0 Å². The Labute approximate surface area is 199 Å². The summed E-state index contributed by atoms with van der Waals surface area (Å²) >= 11 is 5.84. The van der Waals surface area contributed by atoms with Gasteiger partial charge >= 0.3 is 5.97 Å². The molecule has 0 spiro atoms. The van der Waals surface area contributed by atoms with Gasteiger partial charge in [0.15, 0.2) is 0 Å². The van der Waals surface area contributed by atoms with Gasteiger partial charge in [0.25, 0.3) is 0 Å². The molecule has 3 rings (SSSR count). The minimum absolute atomic E-state index is 0.185. The molecule has 0 fully saturated rings. The van der Waals surface area contributed by atoms with Crippen LogP contribution >= 0.6 is 11.6 Å². The summed E-state index contributed by atoms with van der Waals surface area (Å²) in [5.41, 5.74) is 2.59. The van der Waals surface area contributed by atoms with Gasteiger partial charge in [-0.05, 0) is 60.0 Å². The predicted molar refractivity (Wildman–Crippen MR) is 127 cm³/mol. The normalized spacial score (nSPS) is 11.5. The number of hydrogen-bond donors (Lipinski definition) is 1. The quantitative estimate of drug-likeness (QED) is 0.326.